The van der Waals surface area contributed by atoms with Crippen LogP contribution in [0.15, 0.2) is 23.1 Å². The molecule has 13 heteroatoms. The van der Waals surface area contributed by atoms with Crippen molar-refractivity contribution in [3.8, 4) is 0 Å². The van der Waals surface area contributed by atoms with Gasteiger partial charge in [0.1, 0.15) is 11.4 Å². The van der Waals surface area contributed by atoms with Crippen LogP contribution in [0.1, 0.15) is 42.1 Å². The number of anilines is 1. The van der Waals surface area contributed by atoms with E-state index >= 15 is 4.39 Å². The smallest absolute Gasteiger partial charge is 0.349 e. The molecule has 2 aromatic rings. The minimum absolute atomic E-state index is 0.0942. The number of esters is 1. The van der Waals surface area contributed by atoms with Crippen LogP contribution in [0.3, 0.4) is 0 Å². The van der Waals surface area contributed by atoms with E-state index in [9.17, 15) is 29.1 Å². The number of carbonyl (C=O) groups is 4. The number of nitrogens with one attached hydrogen (secondary N) is 1. The van der Waals surface area contributed by atoms with Gasteiger partial charge in [0.15, 0.2) is 0 Å². The van der Waals surface area contributed by atoms with Gasteiger partial charge in [0.2, 0.25) is 11.0 Å². The summed E-state index contributed by atoms with van der Waals surface area (Å²) in [4.78, 5) is 62.4. The van der Waals surface area contributed by atoms with Crippen molar-refractivity contribution in [1.82, 2.24) is 9.88 Å². The molecule has 2 fully saturated rings. The third-order valence-electron chi connectivity index (χ3n) is 6.27. The molecule has 0 bridgehead atoms. The van der Waals surface area contributed by atoms with E-state index in [-0.39, 0.29) is 11.4 Å². The molecule has 0 spiro atoms. The van der Waals surface area contributed by atoms with Crippen LogP contribution in [-0.4, -0.2) is 75.5 Å². The number of nitrogens with zero attached hydrogens (tertiary/aromatic N) is 2. The van der Waals surface area contributed by atoms with Gasteiger partial charge in [-0.3, -0.25) is 14.4 Å². The Morgan fingerprint density at radius 1 is 1.06 bits per heavy atom. The zero-order chi connectivity index (χ0) is 26.2. The lowest BCUT2D eigenvalue weighted by Gasteiger charge is -2.30. The number of ether oxygens (including phenoxy) is 1. The van der Waals surface area contributed by atoms with Crippen molar-refractivity contribution < 1.29 is 43.6 Å². The molecule has 1 aliphatic carbocycles. The van der Waals surface area contributed by atoms with Crippen molar-refractivity contribution in [3.05, 3.63) is 39.9 Å². The maximum absolute atomic E-state index is 15.1. The molecule has 1 saturated carbocycles. The number of piperazine rings is 1. The van der Waals surface area contributed by atoms with Gasteiger partial charge < -0.3 is 34.8 Å². The maximum Gasteiger partial charge on any atom is 0.349 e. The number of halogens is 1. The molecule has 2 aliphatic rings. The molecule has 192 valence electrons. The van der Waals surface area contributed by atoms with Crippen molar-refractivity contribution in [2.45, 2.75) is 37.3 Å². The average molecular weight is 505 g/mol. The molecule has 0 radical (unpaired) electrons. The highest BCUT2D eigenvalue weighted by Crippen LogP contribution is 2.38. The number of carboxylic acids is 3. The molecule has 1 aliphatic heterocycles. The van der Waals surface area contributed by atoms with Gasteiger partial charge >= 0.3 is 23.9 Å². The molecule has 1 aromatic carbocycles. The summed E-state index contributed by atoms with van der Waals surface area (Å²) >= 11 is 0. The largest absolute Gasteiger partial charge is 0.481 e. The lowest BCUT2D eigenvalue weighted by atomic mass is 9.95. The quantitative estimate of drug-likeness (QED) is 0.355. The Bertz CT molecular complexity index is 1300. The second kappa shape index (κ2) is 9.57. The van der Waals surface area contributed by atoms with Gasteiger partial charge in [0.25, 0.3) is 0 Å². The number of carbonyl (C=O) groups excluding carboxylic acids is 1. The van der Waals surface area contributed by atoms with E-state index in [4.69, 9.17) is 14.9 Å². The van der Waals surface area contributed by atoms with Gasteiger partial charge in [-0.25, -0.2) is 14.0 Å². The monoisotopic (exact) mass is 505 g/mol. The molecular formula is C23H24FN3O9. The van der Waals surface area contributed by atoms with Gasteiger partial charge in [-0.1, -0.05) is 0 Å². The summed E-state index contributed by atoms with van der Waals surface area (Å²) in [5, 5.41) is 30.8. The zero-order valence-electron chi connectivity index (χ0n) is 19.0. The summed E-state index contributed by atoms with van der Waals surface area (Å²) in [6.07, 6.45) is -0.0487. The van der Waals surface area contributed by atoms with E-state index in [2.05, 4.69) is 5.32 Å². The summed E-state index contributed by atoms with van der Waals surface area (Å²) < 4.78 is 21.6. The molecule has 4 rings (SSSR count). The van der Waals surface area contributed by atoms with Crippen LogP contribution >= 0.6 is 0 Å². The van der Waals surface area contributed by atoms with Crippen molar-refractivity contribution in [1.29, 1.82) is 0 Å². The molecule has 12 nitrogen and oxygen atoms in total. The standard InChI is InChI=1S/C23H24FN3O9/c24-15-7-13-16(8-17(15)26-5-3-25-4-6-26)27(12-1-2-12)11-14(20(13)32)21(33)36-23(22(34)35,9-18(28)29)10-19(30)31/h7-8,11-12,25H,1-6,9-10H2,(H,28,29)(H,30,31)(H,34,35). The molecule has 0 atom stereocenters. The third kappa shape index (κ3) is 4.87. The third-order valence-corrected chi connectivity index (χ3v) is 6.27. The topological polar surface area (TPSA) is 175 Å². The van der Waals surface area contributed by atoms with Crippen molar-refractivity contribution in [3.63, 3.8) is 0 Å². The Morgan fingerprint density at radius 2 is 1.67 bits per heavy atom. The molecule has 1 aromatic heterocycles. The number of hydrogen-bond donors (Lipinski definition) is 4. The number of aromatic nitrogens is 1. The molecular weight excluding hydrogens is 481 g/mol. The minimum atomic E-state index is -2.95. The Morgan fingerprint density at radius 3 is 2.19 bits per heavy atom. The van der Waals surface area contributed by atoms with Crippen LogP contribution < -0.4 is 15.6 Å². The first-order valence-electron chi connectivity index (χ1n) is 11.3. The van der Waals surface area contributed by atoms with Gasteiger partial charge in [-0.05, 0) is 25.0 Å². The maximum atomic E-state index is 15.1. The van der Waals surface area contributed by atoms with E-state index in [0.29, 0.717) is 37.4 Å². The first-order valence-corrected chi connectivity index (χ1v) is 11.3. The fourth-order valence-corrected chi connectivity index (χ4v) is 4.36. The Kier molecular flexibility index (Phi) is 6.67. The van der Waals surface area contributed by atoms with Gasteiger partial charge in [0, 0.05) is 43.8 Å². The molecule has 1 saturated heterocycles. The Labute approximate surface area is 202 Å². The van der Waals surface area contributed by atoms with Crippen LogP contribution in [0.2, 0.25) is 0 Å². The number of aliphatic carboxylic acids is 3. The number of carboxylic acid groups (broad SMARTS) is 3. The summed E-state index contributed by atoms with van der Waals surface area (Å²) in [5.41, 5.74) is -3.85. The highest BCUT2D eigenvalue weighted by molar-refractivity contribution is 5.98. The Balaban J connectivity index is 1.81. The highest BCUT2D eigenvalue weighted by atomic mass is 19.1. The number of rotatable bonds is 9. The lowest BCUT2D eigenvalue weighted by molar-refractivity contribution is -0.171. The van der Waals surface area contributed by atoms with Gasteiger partial charge in [-0.2, -0.15) is 0 Å². The van der Waals surface area contributed by atoms with Crippen LogP contribution in [0.5, 0.6) is 0 Å². The van der Waals surface area contributed by atoms with E-state index in [0.717, 1.165) is 18.9 Å². The normalized spacial score (nSPS) is 16.1. The first kappa shape index (κ1) is 25.1. The van der Waals surface area contributed by atoms with E-state index < -0.39 is 59.1 Å². The fourth-order valence-electron chi connectivity index (χ4n) is 4.36. The molecule has 2 heterocycles. The Hall–Kier alpha value is -4.00. The predicted molar refractivity (Wildman–Crippen MR) is 122 cm³/mol. The van der Waals surface area contributed by atoms with Gasteiger partial charge in [0.05, 0.1) is 24.0 Å². The summed E-state index contributed by atoms with van der Waals surface area (Å²) in [7, 11) is 0. The number of pyridine rings is 1. The summed E-state index contributed by atoms with van der Waals surface area (Å²) in [6.45, 7) is 2.45. The minimum Gasteiger partial charge on any atom is -0.481 e. The van der Waals surface area contributed by atoms with Crippen LogP contribution in [-0.2, 0) is 19.1 Å². The first-order chi connectivity index (χ1) is 17.0. The van der Waals surface area contributed by atoms with Crippen LogP contribution in [0, 0.1) is 5.82 Å². The van der Waals surface area contributed by atoms with Crippen molar-refractivity contribution >= 4 is 40.5 Å². The fraction of sp³-hybridized carbons (Fsp3) is 0.435. The second-order valence-corrected chi connectivity index (χ2v) is 8.90. The molecule has 4 N–H and O–H groups in total. The lowest BCUT2D eigenvalue weighted by Crippen LogP contribution is -2.47. The molecule has 36 heavy (non-hydrogen) atoms. The van der Waals surface area contributed by atoms with E-state index in [1.165, 1.54) is 6.20 Å². The summed E-state index contributed by atoms with van der Waals surface area (Å²) in [5.74, 6) is -7.61. The molecule has 0 amide bonds. The SMILES string of the molecule is O=C(O)CC(CC(=O)O)(OC(=O)c1cn(C2CC2)c2cc(N3CCNCC3)c(F)cc2c1=O)C(=O)O. The predicted octanol–water partition coefficient (Wildman–Crippen LogP) is 0.815. The van der Waals surface area contributed by atoms with Crippen LogP contribution in [0.4, 0.5) is 10.1 Å². The second-order valence-electron chi connectivity index (χ2n) is 8.90. The van der Waals surface area contributed by atoms with E-state index in [1.54, 1.807) is 10.6 Å². The van der Waals surface area contributed by atoms with Crippen LogP contribution in [0.25, 0.3) is 10.9 Å². The zero-order valence-corrected chi connectivity index (χ0v) is 19.0. The number of hydrogen-bond acceptors (Lipinski definition) is 8. The number of fused-ring (bicyclic) bond motifs is 1. The van der Waals surface area contributed by atoms with Crippen molar-refractivity contribution in [2.75, 3.05) is 31.1 Å². The average Bonchev–Trinajstić information content (AvgIpc) is 3.64. The summed E-state index contributed by atoms with van der Waals surface area (Å²) in [6, 6.07) is 2.47. The molecule has 0 unspecified atom stereocenters. The van der Waals surface area contributed by atoms with E-state index in [1.807, 2.05) is 4.90 Å². The number of benzene rings is 1. The van der Waals surface area contributed by atoms with Gasteiger partial charge in [-0.15, -0.1) is 0 Å². The van der Waals surface area contributed by atoms with Crippen molar-refractivity contribution in [2.24, 2.45) is 0 Å². The highest BCUT2D eigenvalue weighted by Gasteiger charge is 2.48.